The molecule has 0 aromatic carbocycles. The minimum atomic E-state index is -1.16. The number of carboxylic acid groups (broad SMARTS) is 1. The van der Waals surface area contributed by atoms with Crippen LogP contribution < -0.4 is 0 Å². The fourth-order valence-electron chi connectivity index (χ4n) is 1.81. The second kappa shape index (κ2) is 5.04. The first-order valence-electron chi connectivity index (χ1n) is 6.16. The summed E-state index contributed by atoms with van der Waals surface area (Å²) < 4.78 is 3.16. The van der Waals surface area contributed by atoms with Crippen molar-refractivity contribution in [3.8, 4) is 11.5 Å². The molecule has 8 nitrogen and oxygen atoms in total. The zero-order valence-corrected chi connectivity index (χ0v) is 11.6. The number of carboxylic acids is 1. The molecule has 0 saturated heterocycles. The quantitative estimate of drug-likeness (QED) is 0.827. The molecule has 0 aliphatic rings. The summed E-state index contributed by atoms with van der Waals surface area (Å²) in [7, 11) is 1.77. The van der Waals surface area contributed by atoms with E-state index in [0.29, 0.717) is 24.5 Å². The molecule has 0 fully saturated rings. The molecule has 0 radical (unpaired) electrons. The molecule has 2 N–H and O–H groups in total. The van der Waals surface area contributed by atoms with E-state index in [0.717, 1.165) is 0 Å². The molecule has 0 bridgehead atoms. The van der Waals surface area contributed by atoms with Crippen LogP contribution in [-0.4, -0.2) is 46.3 Å². The first-order valence-corrected chi connectivity index (χ1v) is 6.16. The number of aliphatic hydroxyl groups is 1. The van der Waals surface area contributed by atoms with Gasteiger partial charge in [-0.1, -0.05) is 5.21 Å². The number of aromatic nitrogens is 5. The molecular formula is C12H17N5O3. The summed E-state index contributed by atoms with van der Waals surface area (Å²) in [6.45, 7) is 3.72. The van der Waals surface area contributed by atoms with Crippen molar-refractivity contribution in [2.24, 2.45) is 7.05 Å². The fourth-order valence-corrected chi connectivity index (χ4v) is 1.81. The average molecular weight is 279 g/mol. The van der Waals surface area contributed by atoms with Crippen molar-refractivity contribution in [1.29, 1.82) is 0 Å². The van der Waals surface area contributed by atoms with Gasteiger partial charge >= 0.3 is 5.97 Å². The number of aromatic carboxylic acids is 1. The Morgan fingerprint density at radius 1 is 1.45 bits per heavy atom. The van der Waals surface area contributed by atoms with Crippen molar-refractivity contribution in [2.45, 2.75) is 32.4 Å². The molecule has 0 aliphatic carbocycles. The van der Waals surface area contributed by atoms with E-state index < -0.39 is 11.6 Å². The summed E-state index contributed by atoms with van der Waals surface area (Å²) in [5, 5.41) is 26.5. The molecule has 8 heteroatoms. The van der Waals surface area contributed by atoms with Gasteiger partial charge in [0.2, 0.25) is 5.69 Å². The number of hydrogen-bond acceptors (Lipinski definition) is 5. The topological polar surface area (TPSA) is 106 Å². The summed E-state index contributed by atoms with van der Waals surface area (Å²) in [4.78, 5) is 15.4. The number of rotatable bonds is 5. The molecular weight excluding hydrogens is 262 g/mol. The van der Waals surface area contributed by atoms with Crippen LogP contribution in [0.5, 0.6) is 0 Å². The molecule has 0 atom stereocenters. The summed E-state index contributed by atoms with van der Waals surface area (Å²) in [5.41, 5.74) is -0.668. The van der Waals surface area contributed by atoms with E-state index in [2.05, 4.69) is 15.3 Å². The zero-order chi connectivity index (χ0) is 14.9. The Labute approximate surface area is 115 Å². The van der Waals surface area contributed by atoms with Crippen molar-refractivity contribution in [2.75, 3.05) is 0 Å². The van der Waals surface area contributed by atoms with Gasteiger partial charge in [-0.25, -0.2) is 14.5 Å². The van der Waals surface area contributed by atoms with Crippen LogP contribution in [-0.2, 0) is 13.6 Å². The van der Waals surface area contributed by atoms with Gasteiger partial charge in [-0.05, 0) is 20.3 Å². The molecule has 0 amide bonds. The smallest absolute Gasteiger partial charge is 0.358 e. The van der Waals surface area contributed by atoms with Gasteiger partial charge in [-0.3, -0.25) is 0 Å². The highest BCUT2D eigenvalue weighted by Crippen LogP contribution is 2.21. The van der Waals surface area contributed by atoms with Crippen LogP contribution in [0, 0.1) is 0 Å². The third-order valence-corrected chi connectivity index (χ3v) is 2.91. The van der Waals surface area contributed by atoms with Gasteiger partial charge in [0.1, 0.15) is 5.69 Å². The predicted molar refractivity (Wildman–Crippen MR) is 70.1 cm³/mol. The van der Waals surface area contributed by atoms with Crippen LogP contribution in [0.3, 0.4) is 0 Å². The van der Waals surface area contributed by atoms with Crippen LogP contribution in [0.4, 0.5) is 0 Å². The van der Waals surface area contributed by atoms with Crippen molar-refractivity contribution < 1.29 is 15.0 Å². The van der Waals surface area contributed by atoms with E-state index >= 15 is 0 Å². The third kappa shape index (κ3) is 2.85. The summed E-state index contributed by atoms with van der Waals surface area (Å²) in [6, 6.07) is 0. The van der Waals surface area contributed by atoms with Crippen molar-refractivity contribution in [3.63, 3.8) is 0 Å². The summed E-state index contributed by atoms with van der Waals surface area (Å²) in [5.74, 6) is -0.680. The number of aryl methyl sites for hydroxylation is 2. The maximum absolute atomic E-state index is 11.2. The van der Waals surface area contributed by atoms with E-state index in [-0.39, 0.29) is 5.69 Å². The minimum Gasteiger partial charge on any atom is -0.476 e. The molecule has 0 spiro atoms. The maximum atomic E-state index is 11.2. The lowest BCUT2D eigenvalue weighted by molar-refractivity contribution is 0.0650. The molecule has 20 heavy (non-hydrogen) atoms. The first-order chi connectivity index (χ1) is 9.29. The van der Waals surface area contributed by atoms with E-state index in [9.17, 15) is 15.0 Å². The summed E-state index contributed by atoms with van der Waals surface area (Å²) in [6.07, 6.45) is 3.72. The first kappa shape index (κ1) is 14.2. The average Bonchev–Trinajstić information content (AvgIpc) is 2.90. The predicted octanol–water partition coefficient (Wildman–Crippen LogP) is 0.538. The van der Waals surface area contributed by atoms with Crippen molar-refractivity contribution in [3.05, 3.63) is 18.1 Å². The Hall–Kier alpha value is -2.22. The lowest BCUT2D eigenvalue weighted by Crippen LogP contribution is -2.22. The number of carbonyl (C=O) groups is 1. The molecule has 2 aromatic heterocycles. The van der Waals surface area contributed by atoms with Crippen LogP contribution in [0.2, 0.25) is 0 Å². The largest absolute Gasteiger partial charge is 0.476 e. The summed E-state index contributed by atoms with van der Waals surface area (Å²) >= 11 is 0. The standard InChI is InChI=1S/C12H17N5O3/c1-12(2,20)4-6-17-9(8(11(18)19)14-15-17)10-13-5-7-16(10)3/h5,7,20H,4,6H2,1-3H3,(H,18,19). The normalized spacial score (nSPS) is 11.8. The molecule has 0 saturated carbocycles. The van der Waals surface area contributed by atoms with Crippen LogP contribution in [0.1, 0.15) is 30.8 Å². The highest BCUT2D eigenvalue weighted by molar-refractivity contribution is 5.91. The Morgan fingerprint density at radius 2 is 2.15 bits per heavy atom. The lowest BCUT2D eigenvalue weighted by atomic mass is 10.1. The highest BCUT2D eigenvalue weighted by Gasteiger charge is 2.24. The molecule has 0 aliphatic heterocycles. The van der Waals surface area contributed by atoms with Gasteiger partial charge in [-0.2, -0.15) is 0 Å². The molecule has 0 unspecified atom stereocenters. The Morgan fingerprint density at radius 3 is 2.65 bits per heavy atom. The zero-order valence-electron chi connectivity index (χ0n) is 11.6. The fraction of sp³-hybridized carbons (Fsp3) is 0.500. The minimum absolute atomic E-state index is 0.143. The Bertz CT molecular complexity index is 623. The second-order valence-corrected chi connectivity index (χ2v) is 5.24. The third-order valence-electron chi connectivity index (χ3n) is 2.91. The molecule has 2 rings (SSSR count). The number of hydrogen-bond donors (Lipinski definition) is 2. The van der Waals surface area contributed by atoms with Gasteiger partial charge in [0.05, 0.1) is 5.60 Å². The SMILES string of the molecule is Cn1ccnc1-c1c(C(=O)O)nnn1CCC(C)(C)O. The second-order valence-electron chi connectivity index (χ2n) is 5.24. The maximum Gasteiger partial charge on any atom is 0.358 e. The monoisotopic (exact) mass is 279 g/mol. The molecule has 2 heterocycles. The van der Waals surface area contributed by atoms with Crippen molar-refractivity contribution >= 4 is 5.97 Å². The Kier molecular flexibility index (Phi) is 3.58. The lowest BCUT2D eigenvalue weighted by Gasteiger charge is -2.17. The molecule has 108 valence electrons. The Balaban J connectivity index is 2.44. The van der Waals surface area contributed by atoms with E-state index in [1.54, 1.807) is 37.9 Å². The van der Waals surface area contributed by atoms with Gasteiger partial charge in [0.15, 0.2) is 5.82 Å². The molecule has 2 aromatic rings. The van der Waals surface area contributed by atoms with Gasteiger partial charge in [-0.15, -0.1) is 5.10 Å². The number of imidazole rings is 1. The van der Waals surface area contributed by atoms with Gasteiger partial charge < -0.3 is 14.8 Å². The van der Waals surface area contributed by atoms with E-state index in [1.165, 1.54) is 4.68 Å². The van der Waals surface area contributed by atoms with Gasteiger partial charge in [0, 0.05) is 26.0 Å². The highest BCUT2D eigenvalue weighted by atomic mass is 16.4. The van der Waals surface area contributed by atoms with Gasteiger partial charge in [0.25, 0.3) is 0 Å². The van der Waals surface area contributed by atoms with Crippen LogP contribution in [0.15, 0.2) is 12.4 Å². The van der Waals surface area contributed by atoms with E-state index in [4.69, 9.17) is 0 Å². The van der Waals surface area contributed by atoms with Crippen molar-refractivity contribution in [1.82, 2.24) is 24.5 Å². The van der Waals surface area contributed by atoms with E-state index in [1.807, 2.05) is 0 Å². The number of nitrogens with zero attached hydrogens (tertiary/aromatic N) is 5. The van der Waals surface area contributed by atoms with Crippen LogP contribution >= 0.6 is 0 Å². The van der Waals surface area contributed by atoms with Crippen LogP contribution in [0.25, 0.3) is 11.5 Å².